The fourth-order valence-electron chi connectivity index (χ4n) is 1.24. The summed E-state index contributed by atoms with van der Waals surface area (Å²) in [6, 6.07) is 3.07. The fraction of sp³-hybridized carbons (Fsp3) is 0.273. The van der Waals surface area contributed by atoms with Crippen molar-refractivity contribution in [3.63, 3.8) is 0 Å². The summed E-state index contributed by atoms with van der Waals surface area (Å²) in [5.74, 6) is -1.19. The van der Waals surface area contributed by atoms with Gasteiger partial charge in [-0.2, -0.15) is 0 Å². The van der Waals surface area contributed by atoms with Crippen LogP contribution in [0, 0.1) is 5.82 Å². The standard InChI is InChI=1S/C11H14FN3O3/c1-6(10(13)15-17)14-11(16)7-3-4-8(12)9(5-7)18-2/h3-6,17H,1-2H3,(H2,13,15)(H,14,16). The lowest BCUT2D eigenvalue weighted by Gasteiger charge is -2.12. The number of hydrogen-bond donors (Lipinski definition) is 3. The molecule has 0 aliphatic heterocycles. The van der Waals surface area contributed by atoms with Gasteiger partial charge in [0.25, 0.3) is 5.91 Å². The molecule has 0 bridgehead atoms. The number of oxime groups is 1. The molecular weight excluding hydrogens is 241 g/mol. The molecular formula is C11H14FN3O3. The van der Waals surface area contributed by atoms with Gasteiger partial charge in [0.1, 0.15) is 0 Å². The number of carbonyl (C=O) groups is 1. The van der Waals surface area contributed by atoms with Crippen LogP contribution < -0.4 is 15.8 Å². The zero-order valence-electron chi connectivity index (χ0n) is 9.98. The number of halogens is 1. The third-order valence-electron chi connectivity index (χ3n) is 2.32. The summed E-state index contributed by atoms with van der Waals surface area (Å²) in [7, 11) is 1.30. The normalized spacial score (nSPS) is 12.9. The van der Waals surface area contributed by atoms with Crippen LogP contribution in [0.4, 0.5) is 4.39 Å². The largest absolute Gasteiger partial charge is 0.494 e. The van der Waals surface area contributed by atoms with E-state index in [2.05, 4.69) is 10.5 Å². The maximum Gasteiger partial charge on any atom is 0.251 e. The van der Waals surface area contributed by atoms with Gasteiger partial charge in [-0.15, -0.1) is 0 Å². The first-order valence-electron chi connectivity index (χ1n) is 5.11. The van der Waals surface area contributed by atoms with E-state index in [1.165, 1.54) is 19.2 Å². The van der Waals surface area contributed by atoms with Crippen molar-refractivity contribution in [3.05, 3.63) is 29.6 Å². The van der Waals surface area contributed by atoms with Gasteiger partial charge >= 0.3 is 0 Å². The minimum atomic E-state index is -0.640. The number of methoxy groups -OCH3 is 1. The summed E-state index contributed by atoms with van der Waals surface area (Å²) in [6.45, 7) is 1.55. The molecule has 0 radical (unpaired) electrons. The quantitative estimate of drug-likeness (QED) is 0.319. The Hall–Kier alpha value is -2.31. The maximum atomic E-state index is 13.1. The van der Waals surface area contributed by atoms with Crippen LogP contribution in [0.3, 0.4) is 0 Å². The highest BCUT2D eigenvalue weighted by molar-refractivity contribution is 5.98. The van der Waals surface area contributed by atoms with Gasteiger partial charge in [0, 0.05) is 5.56 Å². The molecule has 0 saturated heterocycles. The summed E-state index contributed by atoms with van der Waals surface area (Å²) < 4.78 is 17.9. The molecule has 0 aromatic heterocycles. The molecule has 6 nitrogen and oxygen atoms in total. The Labute approximate surface area is 103 Å². The number of nitrogens with zero attached hydrogens (tertiary/aromatic N) is 1. The molecule has 18 heavy (non-hydrogen) atoms. The highest BCUT2D eigenvalue weighted by Gasteiger charge is 2.14. The lowest BCUT2D eigenvalue weighted by atomic mass is 10.2. The average Bonchev–Trinajstić information content (AvgIpc) is 2.37. The average molecular weight is 255 g/mol. The molecule has 1 unspecified atom stereocenters. The van der Waals surface area contributed by atoms with Gasteiger partial charge in [-0.05, 0) is 25.1 Å². The summed E-state index contributed by atoms with van der Waals surface area (Å²) in [4.78, 5) is 11.8. The van der Waals surface area contributed by atoms with Crippen molar-refractivity contribution in [2.75, 3.05) is 7.11 Å². The number of amidine groups is 1. The van der Waals surface area contributed by atoms with E-state index in [1.807, 2.05) is 0 Å². The predicted molar refractivity (Wildman–Crippen MR) is 63.3 cm³/mol. The van der Waals surface area contributed by atoms with E-state index in [0.29, 0.717) is 0 Å². The molecule has 0 aliphatic carbocycles. The van der Waals surface area contributed by atoms with Crippen LogP contribution in [-0.2, 0) is 0 Å². The Bertz CT molecular complexity index is 477. The monoisotopic (exact) mass is 255 g/mol. The molecule has 1 amide bonds. The highest BCUT2D eigenvalue weighted by Crippen LogP contribution is 2.18. The first-order chi connectivity index (χ1) is 8.49. The minimum absolute atomic E-state index is 0.0286. The number of nitrogens with one attached hydrogen (secondary N) is 1. The lowest BCUT2D eigenvalue weighted by Crippen LogP contribution is -2.42. The molecule has 0 spiro atoms. The van der Waals surface area contributed by atoms with Crippen LogP contribution in [0.25, 0.3) is 0 Å². The molecule has 1 aromatic carbocycles. The minimum Gasteiger partial charge on any atom is -0.494 e. The van der Waals surface area contributed by atoms with E-state index in [4.69, 9.17) is 15.7 Å². The predicted octanol–water partition coefficient (Wildman–Crippen LogP) is 0.699. The molecule has 0 aliphatic rings. The SMILES string of the molecule is COc1cc(C(=O)NC(C)/C(N)=N/O)ccc1F. The van der Waals surface area contributed by atoms with Crippen LogP contribution in [0.1, 0.15) is 17.3 Å². The Balaban J connectivity index is 2.85. The number of carbonyl (C=O) groups excluding carboxylic acids is 1. The molecule has 0 fully saturated rings. The maximum absolute atomic E-state index is 13.1. The van der Waals surface area contributed by atoms with Crippen LogP contribution in [0.2, 0.25) is 0 Å². The van der Waals surface area contributed by atoms with Gasteiger partial charge < -0.3 is 21.0 Å². The molecule has 4 N–H and O–H groups in total. The van der Waals surface area contributed by atoms with Crippen molar-refractivity contribution in [1.29, 1.82) is 0 Å². The second kappa shape index (κ2) is 5.85. The van der Waals surface area contributed by atoms with Gasteiger partial charge in [0.05, 0.1) is 13.2 Å². The van der Waals surface area contributed by atoms with Gasteiger partial charge in [-0.1, -0.05) is 5.16 Å². The number of ether oxygens (including phenoxy) is 1. The van der Waals surface area contributed by atoms with E-state index in [9.17, 15) is 9.18 Å². The van der Waals surface area contributed by atoms with Crippen molar-refractivity contribution >= 4 is 11.7 Å². The number of hydrogen-bond acceptors (Lipinski definition) is 4. The van der Waals surface area contributed by atoms with Crippen molar-refractivity contribution in [1.82, 2.24) is 5.32 Å². The van der Waals surface area contributed by atoms with E-state index in [-0.39, 0.29) is 17.1 Å². The second-order valence-corrected chi connectivity index (χ2v) is 3.57. The second-order valence-electron chi connectivity index (χ2n) is 3.57. The molecule has 98 valence electrons. The van der Waals surface area contributed by atoms with Gasteiger partial charge in [-0.3, -0.25) is 4.79 Å². The van der Waals surface area contributed by atoms with E-state index in [1.54, 1.807) is 6.92 Å². The Kier molecular flexibility index (Phi) is 4.47. The summed E-state index contributed by atoms with van der Waals surface area (Å²) in [6.07, 6.45) is 0. The smallest absolute Gasteiger partial charge is 0.251 e. The zero-order chi connectivity index (χ0) is 13.7. The fourth-order valence-corrected chi connectivity index (χ4v) is 1.24. The first kappa shape index (κ1) is 13.8. The van der Waals surface area contributed by atoms with Crippen molar-refractivity contribution < 1.29 is 19.1 Å². The van der Waals surface area contributed by atoms with Crippen molar-refractivity contribution in [2.45, 2.75) is 13.0 Å². The molecule has 1 rings (SSSR count). The molecule has 1 aromatic rings. The highest BCUT2D eigenvalue weighted by atomic mass is 19.1. The van der Waals surface area contributed by atoms with E-state index in [0.717, 1.165) is 6.07 Å². The first-order valence-corrected chi connectivity index (χ1v) is 5.11. The van der Waals surface area contributed by atoms with Crippen LogP contribution in [0.5, 0.6) is 5.75 Å². The third kappa shape index (κ3) is 3.09. The van der Waals surface area contributed by atoms with Gasteiger partial charge in [0.2, 0.25) is 0 Å². The Morgan fingerprint density at radius 2 is 2.28 bits per heavy atom. The van der Waals surface area contributed by atoms with Gasteiger partial charge in [0.15, 0.2) is 17.4 Å². The summed E-state index contributed by atoms with van der Waals surface area (Å²) in [5.41, 5.74) is 5.54. The topological polar surface area (TPSA) is 96.9 Å². The number of amides is 1. The molecule has 0 saturated carbocycles. The third-order valence-corrected chi connectivity index (χ3v) is 2.32. The van der Waals surface area contributed by atoms with Crippen LogP contribution in [-0.4, -0.2) is 30.1 Å². The summed E-state index contributed by atoms with van der Waals surface area (Å²) >= 11 is 0. The van der Waals surface area contributed by atoms with Crippen molar-refractivity contribution in [3.8, 4) is 5.75 Å². The Morgan fingerprint density at radius 1 is 1.61 bits per heavy atom. The number of benzene rings is 1. The zero-order valence-corrected chi connectivity index (χ0v) is 9.98. The van der Waals surface area contributed by atoms with Crippen LogP contribution >= 0.6 is 0 Å². The van der Waals surface area contributed by atoms with Crippen LogP contribution in [0.15, 0.2) is 23.4 Å². The summed E-state index contributed by atoms with van der Waals surface area (Å²) in [5, 5.41) is 13.7. The lowest BCUT2D eigenvalue weighted by molar-refractivity contribution is 0.0948. The number of rotatable bonds is 4. The Morgan fingerprint density at radius 3 is 2.83 bits per heavy atom. The molecule has 1 atom stereocenters. The molecule has 0 heterocycles. The van der Waals surface area contributed by atoms with E-state index >= 15 is 0 Å². The van der Waals surface area contributed by atoms with Crippen molar-refractivity contribution in [2.24, 2.45) is 10.9 Å². The van der Waals surface area contributed by atoms with Gasteiger partial charge in [-0.25, -0.2) is 4.39 Å². The van der Waals surface area contributed by atoms with E-state index < -0.39 is 17.8 Å². The molecule has 7 heteroatoms. The number of nitrogens with two attached hydrogens (primary N) is 1.